The van der Waals surface area contributed by atoms with Crippen LogP contribution in [0, 0.1) is 6.92 Å². The number of halogens is 1. The van der Waals surface area contributed by atoms with Crippen molar-refractivity contribution >= 4 is 17.5 Å². The Kier molecular flexibility index (Phi) is 5.45. The number of quaternary nitrogens is 1. The van der Waals surface area contributed by atoms with Crippen molar-refractivity contribution in [2.45, 2.75) is 20.0 Å². The second-order valence-electron chi connectivity index (χ2n) is 5.59. The summed E-state index contributed by atoms with van der Waals surface area (Å²) in [5.41, 5.74) is 3.84. The highest BCUT2D eigenvalue weighted by atomic mass is 35.5. The van der Waals surface area contributed by atoms with Crippen LogP contribution in [0.15, 0.2) is 18.2 Å². The van der Waals surface area contributed by atoms with E-state index in [-0.39, 0.29) is 5.91 Å². The summed E-state index contributed by atoms with van der Waals surface area (Å²) in [4.78, 5) is 13.7. The molecular weight excluding hydrogens is 290 g/mol. The summed E-state index contributed by atoms with van der Waals surface area (Å²) >= 11 is 5.91. The number of rotatable bonds is 4. The molecule has 0 saturated carbocycles. The molecular formula is C15H23ClN3O2+. The van der Waals surface area contributed by atoms with Crippen LogP contribution in [0.3, 0.4) is 0 Å². The molecule has 1 aromatic rings. The maximum Gasteiger partial charge on any atom is 0.275 e. The van der Waals surface area contributed by atoms with E-state index in [4.69, 9.17) is 16.3 Å². The summed E-state index contributed by atoms with van der Waals surface area (Å²) in [6.07, 6.45) is -0.545. The van der Waals surface area contributed by atoms with Crippen molar-refractivity contribution in [3.8, 4) is 5.75 Å². The van der Waals surface area contributed by atoms with Gasteiger partial charge in [0, 0.05) is 5.02 Å². The molecule has 0 unspecified atom stereocenters. The molecule has 116 valence electrons. The van der Waals surface area contributed by atoms with Crippen LogP contribution in [0.1, 0.15) is 12.5 Å². The van der Waals surface area contributed by atoms with Crippen LogP contribution < -0.4 is 15.1 Å². The molecule has 21 heavy (non-hydrogen) atoms. The average Bonchev–Trinajstić information content (AvgIpc) is 2.44. The fraction of sp³-hybridized carbons (Fsp3) is 0.533. The standard InChI is InChI=1S/C15H22ClN3O2/c1-11-10-13(16)4-5-14(11)21-12(2)15(20)17-19-8-6-18(3)7-9-19/h4-5,10,12H,6-9H2,1-3H3,(H,17,20)/p+1/t12-/m1/s1. The molecule has 5 nitrogen and oxygen atoms in total. The molecule has 1 heterocycles. The Morgan fingerprint density at radius 1 is 1.43 bits per heavy atom. The summed E-state index contributed by atoms with van der Waals surface area (Å²) in [6, 6.07) is 5.38. The smallest absolute Gasteiger partial charge is 0.275 e. The summed E-state index contributed by atoms with van der Waals surface area (Å²) in [5.74, 6) is 0.564. The van der Waals surface area contributed by atoms with Gasteiger partial charge in [0.25, 0.3) is 5.91 Å². The van der Waals surface area contributed by atoms with Gasteiger partial charge in [-0.1, -0.05) is 11.6 Å². The van der Waals surface area contributed by atoms with Crippen molar-refractivity contribution in [2.24, 2.45) is 0 Å². The van der Waals surface area contributed by atoms with Gasteiger partial charge in [0.15, 0.2) is 6.10 Å². The maximum atomic E-state index is 12.2. The summed E-state index contributed by atoms with van der Waals surface area (Å²) in [6.45, 7) is 7.46. The molecule has 0 radical (unpaired) electrons. The van der Waals surface area contributed by atoms with Crippen molar-refractivity contribution in [1.29, 1.82) is 0 Å². The third kappa shape index (κ3) is 4.59. The van der Waals surface area contributed by atoms with Crippen molar-refractivity contribution in [3.63, 3.8) is 0 Å². The zero-order valence-corrected chi connectivity index (χ0v) is 13.5. The van der Waals surface area contributed by atoms with Gasteiger partial charge in [-0.15, -0.1) is 0 Å². The number of piperazine rings is 1. The Hall–Kier alpha value is -1.30. The molecule has 1 atom stereocenters. The number of aryl methyl sites for hydroxylation is 1. The number of hydrazine groups is 1. The fourth-order valence-corrected chi connectivity index (χ4v) is 2.46. The van der Waals surface area contributed by atoms with Gasteiger partial charge < -0.3 is 9.64 Å². The lowest BCUT2D eigenvalue weighted by Crippen LogP contribution is -3.12. The first-order chi connectivity index (χ1) is 9.95. The quantitative estimate of drug-likeness (QED) is 0.839. The van der Waals surface area contributed by atoms with E-state index >= 15 is 0 Å². The largest absolute Gasteiger partial charge is 0.481 e. The molecule has 1 aliphatic rings. The Bertz CT molecular complexity index is 502. The molecule has 0 aliphatic carbocycles. The zero-order valence-electron chi connectivity index (χ0n) is 12.8. The maximum absolute atomic E-state index is 12.2. The van der Waals surface area contributed by atoms with Gasteiger partial charge in [0.2, 0.25) is 0 Å². The fourth-order valence-electron chi connectivity index (χ4n) is 2.24. The highest BCUT2D eigenvalue weighted by molar-refractivity contribution is 6.30. The van der Waals surface area contributed by atoms with Gasteiger partial charge in [-0.25, -0.2) is 5.01 Å². The highest BCUT2D eigenvalue weighted by Crippen LogP contribution is 2.22. The molecule has 1 aliphatic heterocycles. The summed E-state index contributed by atoms with van der Waals surface area (Å²) in [5, 5.41) is 2.63. The Labute approximate surface area is 130 Å². The second kappa shape index (κ2) is 7.11. The number of amides is 1. The van der Waals surface area contributed by atoms with E-state index in [1.54, 1.807) is 19.1 Å². The molecule has 0 bridgehead atoms. The van der Waals surface area contributed by atoms with Crippen LogP contribution in [-0.4, -0.2) is 50.2 Å². The molecule has 1 saturated heterocycles. The van der Waals surface area contributed by atoms with Crippen LogP contribution in [0.25, 0.3) is 0 Å². The van der Waals surface area contributed by atoms with Crippen molar-refractivity contribution in [3.05, 3.63) is 28.8 Å². The number of hydrogen-bond acceptors (Lipinski definition) is 3. The molecule has 1 fully saturated rings. The van der Waals surface area contributed by atoms with Crippen LogP contribution in [0.5, 0.6) is 5.75 Å². The number of carbonyl (C=O) groups is 1. The Balaban J connectivity index is 1.87. The van der Waals surface area contributed by atoms with Crippen molar-refractivity contribution in [2.75, 3.05) is 33.2 Å². The van der Waals surface area contributed by atoms with Crippen LogP contribution in [0.4, 0.5) is 0 Å². The van der Waals surface area contributed by atoms with Crippen LogP contribution in [0.2, 0.25) is 5.02 Å². The summed E-state index contributed by atoms with van der Waals surface area (Å²) in [7, 11) is 2.16. The van der Waals surface area contributed by atoms with E-state index in [1.165, 1.54) is 4.90 Å². The third-order valence-electron chi connectivity index (χ3n) is 3.70. The topological polar surface area (TPSA) is 46.0 Å². The van der Waals surface area contributed by atoms with E-state index in [9.17, 15) is 4.79 Å². The SMILES string of the molecule is Cc1cc(Cl)ccc1O[C@H](C)C(=O)NN1CC[NH+](C)CC1. The van der Waals surface area contributed by atoms with Gasteiger partial charge >= 0.3 is 0 Å². The predicted octanol–water partition coefficient (Wildman–Crippen LogP) is 0.277. The number of hydrogen-bond donors (Lipinski definition) is 2. The molecule has 0 spiro atoms. The first kappa shape index (κ1) is 16.1. The summed E-state index contributed by atoms with van der Waals surface area (Å²) < 4.78 is 5.72. The van der Waals surface area contributed by atoms with Crippen LogP contribution in [-0.2, 0) is 4.79 Å². The Morgan fingerprint density at radius 3 is 2.71 bits per heavy atom. The molecule has 2 N–H and O–H groups in total. The van der Waals surface area contributed by atoms with E-state index in [1.807, 2.05) is 18.0 Å². The number of nitrogens with zero attached hydrogens (tertiary/aromatic N) is 1. The lowest BCUT2D eigenvalue weighted by Gasteiger charge is -2.30. The van der Waals surface area contributed by atoms with Gasteiger partial charge in [-0.2, -0.15) is 0 Å². The van der Waals surface area contributed by atoms with E-state index in [0.29, 0.717) is 10.8 Å². The lowest BCUT2D eigenvalue weighted by atomic mass is 10.2. The minimum Gasteiger partial charge on any atom is -0.481 e. The monoisotopic (exact) mass is 312 g/mol. The van der Waals surface area contributed by atoms with E-state index < -0.39 is 6.10 Å². The molecule has 1 amide bonds. The third-order valence-corrected chi connectivity index (χ3v) is 3.93. The molecule has 2 rings (SSSR count). The number of carbonyl (C=O) groups excluding carboxylic acids is 1. The van der Waals surface area contributed by atoms with Gasteiger partial charge in [0.05, 0.1) is 33.2 Å². The molecule has 0 aromatic heterocycles. The van der Waals surface area contributed by atoms with Gasteiger partial charge in [0.1, 0.15) is 5.75 Å². The first-order valence-electron chi connectivity index (χ1n) is 7.25. The van der Waals surface area contributed by atoms with E-state index in [2.05, 4.69) is 12.5 Å². The van der Waals surface area contributed by atoms with Gasteiger partial charge in [-0.3, -0.25) is 10.2 Å². The lowest BCUT2D eigenvalue weighted by molar-refractivity contribution is -0.884. The van der Waals surface area contributed by atoms with Crippen molar-refractivity contribution < 1.29 is 14.4 Å². The average molecular weight is 313 g/mol. The minimum atomic E-state index is -0.545. The van der Waals surface area contributed by atoms with Crippen LogP contribution >= 0.6 is 11.6 Å². The molecule has 6 heteroatoms. The first-order valence-corrected chi connectivity index (χ1v) is 7.63. The zero-order chi connectivity index (χ0) is 15.4. The second-order valence-corrected chi connectivity index (χ2v) is 6.03. The number of ether oxygens (including phenoxy) is 1. The minimum absolute atomic E-state index is 0.121. The van der Waals surface area contributed by atoms with Gasteiger partial charge in [-0.05, 0) is 37.6 Å². The number of likely N-dealkylation sites (N-methyl/N-ethyl adjacent to an activating group) is 1. The number of nitrogens with one attached hydrogen (secondary N) is 2. The number of benzene rings is 1. The molecule has 1 aromatic carbocycles. The van der Waals surface area contributed by atoms with E-state index in [0.717, 1.165) is 31.7 Å². The Morgan fingerprint density at radius 2 is 2.10 bits per heavy atom. The predicted molar refractivity (Wildman–Crippen MR) is 82.6 cm³/mol. The normalized spacial score (nSPS) is 18.3. The van der Waals surface area contributed by atoms with Crippen molar-refractivity contribution in [1.82, 2.24) is 10.4 Å². The highest BCUT2D eigenvalue weighted by Gasteiger charge is 2.22.